The van der Waals surface area contributed by atoms with Crippen LogP contribution < -0.4 is 16.4 Å². The van der Waals surface area contributed by atoms with E-state index in [-0.39, 0.29) is 6.71 Å². The summed E-state index contributed by atoms with van der Waals surface area (Å²) in [5.74, 6) is 0. The fourth-order valence-corrected chi connectivity index (χ4v) is 8.68. The van der Waals surface area contributed by atoms with Crippen LogP contribution in [0, 0.1) is 0 Å². The highest BCUT2D eigenvalue weighted by Crippen LogP contribution is 2.40. The van der Waals surface area contributed by atoms with Gasteiger partial charge in [0.25, 0.3) is 0 Å². The molecule has 10 rings (SSSR count). The molecule has 5 heterocycles. The molecular weight excluding hydrogens is 605 g/mol. The van der Waals surface area contributed by atoms with Crippen molar-refractivity contribution in [3.63, 3.8) is 0 Å². The summed E-state index contributed by atoms with van der Waals surface area (Å²) in [4.78, 5) is 11.5. The molecule has 0 unspecified atom stereocenters. The van der Waals surface area contributed by atoms with Crippen molar-refractivity contribution >= 4 is 67.8 Å². The second-order valence-corrected chi connectivity index (χ2v) is 13.3. The minimum Gasteiger partial charge on any atom is -0.454 e. The zero-order chi connectivity index (χ0) is 31.6. The summed E-state index contributed by atoms with van der Waals surface area (Å²) in [6.45, 7) is -0.00528. The van der Waals surface area contributed by atoms with E-state index in [9.17, 15) is 0 Å². The largest absolute Gasteiger partial charge is 0.454 e. The lowest BCUT2D eigenvalue weighted by Crippen LogP contribution is -2.56. The molecule has 4 aromatic heterocycles. The Morgan fingerprint density at radius 2 is 1.27 bits per heavy atom. The molecule has 0 N–H and O–H groups in total. The molecule has 1 aliphatic rings. The average Bonchev–Trinajstić information content (AvgIpc) is 3.69. The lowest BCUT2D eigenvalue weighted by Gasteiger charge is -2.30. The Bertz CT molecular complexity index is 2600. The first-order valence-electron chi connectivity index (χ1n) is 16.1. The maximum Gasteiger partial charge on any atom is 0.245 e. The number of fused-ring (bicyclic) bond motifs is 7. The summed E-state index contributed by atoms with van der Waals surface area (Å²) in [6, 6.07) is 47.7. The number of benzene rings is 5. The van der Waals surface area contributed by atoms with Crippen molar-refractivity contribution < 1.29 is 4.42 Å². The van der Waals surface area contributed by atoms with Gasteiger partial charge in [-0.1, -0.05) is 107 Å². The Kier molecular flexibility index (Phi) is 6.18. The number of nitrogens with zero attached hydrogens (tertiary/aromatic N) is 3. The zero-order valence-corrected chi connectivity index (χ0v) is 26.6. The zero-order valence-electron chi connectivity index (χ0n) is 25.7. The van der Waals surface area contributed by atoms with Crippen LogP contribution in [0.25, 0.3) is 60.9 Å². The summed E-state index contributed by atoms with van der Waals surface area (Å²) in [5, 5.41) is 2.23. The van der Waals surface area contributed by atoms with Crippen LogP contribution in [-0.2, 0) is 0 Å². The van der Waals surface area contributed by atoms with E-state index >= 15 is 0 Å². The van der Waals surface area contributed by atoms with Crippen LogP contribution in [-0.4, -0.2) is 21.2 Å². The Labute approximate surface area is 281 Å². The summed E-state index contributed by atoms with van der Waals surface area (Å²) >= 11 is 1.85. The van der Waals surface area contributed by atoms with Crippen molar-refractivity contribution in [2.24, 2.45) is 0 Å². The molecule has 0 radical (unpaired) electrons. The minimum atomic E-state index is -0.00528. The molecule has 0 aliphatic carbocycles. The fraction of sp³-hybridized carbons (Fsp3) is 0. The van der Waals surface area contributed by atoms with Gasteiger partial charge in [0.2, 0.25) is 6.71 Å². The molecular formula is C42H26BN3OS. The van der Waals surface area contributed by atoms with Gasteiger partial charge in [-0.25, -0.2) is 0 Å². The Balaban J connectivity index is 1.25. The van der Waals surface area contributed by atoms with Gasteiger partial charge in [0, 0.05) is 51.0 Å². The van der Waals surface area contributed by atoms with Gasteiger partial charge in [-0.2, -0.15) is 0 Å². The molecule has 0 fully saturated rings. The van der Waals surface area contributed by atoms with Crippen molar-refractivity contribution in [2.75, 3.05) is 0 Å². The SMILES string of the molecule is c1cncc(-c2cccc(-c3cccnc3)c2B2c3ccccc3Sc3cc(-n4c5ccccc5c5oc6ccccc6c54)ccc32)c1. The molecule has 0 bridgehead atoms. The van der Waals surface area contributed by atoms with Gasteiger partial charge in [-0.3, -0.25) is 9.97 Å². The van der Waals surface area contributed by atoms with E-state index in [4.69, 9.17) is 4.42 Å². The third-order valence-corrected chi connectivity index (χ3v) is 10.7. The Hall–Kier alpha value is -5.85. The number of para-hydroxylation sites is 2. The smallest absolute Gasteiger partial charge is 0.245 e. The summed E-state index contributed by atoms with van der Waals surface area (Å²) in [7, 11) is 0. The van der Waals surface area contributed by atoms with Crippen LogP contribution in [0.3, 0.4) is 0 Å². The van der Waals surface area contributed by atoms with Gasteiger partial charge < -0.3 is 8.98 Å². The van der Waals surface area contributed by atoms with Gasteiger partial charge in [0.05, 0.1) is 5.52 Å². The topological polar surface area (TPSA) is 43.9 Å². The van der Waals surface area contributed by atoms with E-state index in [1.165, 1.54) is 37.3 Å². The van der Waals surface area contributed by atoms with Gasteiger partial charge in [-0.15, -0.1) is 0 Å². The molecule has 0 atom stereocenters. The molecule has 224 valence electrons. The highest BCUT2D eigenvalue weighted by Gasteiger charge is 2.35. The standard InChI is InChI=1S/C42H26BN3OS/c1-4-17-36-32(12-1)42-41(33-13-2-5-18-37(33)47-42)46(36)29-20-21-35-39(24-29)48-38-19-6-3-16-34(38)43(35)40-30(27-10-8-22-44-25-27)14-7-15-31(40)28-11-9-23-45-26-28/h1-26H. The Morgan fingerprint density at radius 3 is 2.04 bits per heavy atom. The van der Waals surface area contributed by atoms with Crippen LogP contribution in [0.1, 0.15) is 0 Å². The third-order valence-electron chi connectivity index (χ3n) is 9.54. The fourth-order valence-electron chi connectivity index (χ4n) is 7.51. The van der Waals surface area contributed by atoms with E-state index in [1.54, 1.807) is 0 Å². The van der Waals surface area contributed by atoms with E-state index in [2.05, 4.69) is 130 Å². The maximum atomic E-state index is 6.48. The van der Waals surface area contributed by atoms with Gasteiger partial charge >= 0.3 is 0 Å². The monoisotopic (exact) mass is 631 g/mol. The highest BCUT2D eigenvalue weighted by molar-refractivity contribution is 8.00. The van der Waals surface area contributed by atoms with Crippen LogP contribution in [0.2, 0.25) is 0 Å². The van der Waals surface area contributed by atoms with Crippen molar-refractivity contribution in [3.05, 3.63) is 158 Å². The Morgan fingerprint density at radius 1 is 0.583 bits per heavy atom. The lowest BCUT2D eigenvalue weighted by molar-refractivity contribution is 0.673. The summed E-state index contributed by atoms with van der Waals surface area (Å²) in [5.41, 5.74) is 13.6. The van der Waals surface area contributed by atoms with Crippen LogP contribution >= 0.6 is 11.8 Å². The molecule has 1 aliphatic heterocycles. The first kappa shape index (κ1) is 27.3. The minimum absolute atomic E-state index is 0.00528. The van der Waals surface area contributed by atoms with Gasteiger partial charge in [-0.05, 0) is 76.9 Å². The molecule has 48 heavy (non-hydrogen) atoms. The molecule has 5 aromatic carbocycles. The van der Waals surface area contributed by atoms with Gasteiger partial charge in [0.1, 0.15) is 11.1 Å². The second-order valence-electron chi connectivity index (χ2n) is 12.2. The number of rotatable bonds is 4. The summed E-state index contributed by atoms with van der Waals surface area (Å²) < 4.78 is 8.85. The first-order valence-corrected chi connectivity index (χ1v) is 16.9. The molecule has 4 nitrogen and oxygen atoms in total. The van der Waals surface area contributed by atoms with E-state index in [1.807, 2.05) is 54.7 Å². The van der Waals surface area contributed by atoms with Crippen molar-refractivity contribution in [2.45, 2.75) is 9.79 Å². The molecule has 0 amide bonds. The molecule has 9 aromatic rings. The number of pyridine rings is 2. The average molecular weight is 632 g/mol. The van der Waals surface area contributed by atoms with Gasteiger partial charge in [0.15, 0.2) is 5.58 Å². The quantitative estimate of drug-likeness (QED) is 0.183. The molecule has 0 spiro atoms. The van der Waals surface area contributed by atoms with E-state index in [0.29, 0.717) is 0 Å². The van der Waals surface area contributed by atoms with Crippen molar-refractivity contribution in [3.8, 4) is 27.9 Å². The lowest BCUT2D eigenvalue weighted by atomic mass is 9.35. The normalized spacial score (nSPS) is 12.5. The van der Waals surface area contributed by atoms with Crippen LogP contribution in [0.15, 0.2) is 172 Å². The van der Waals surface area contributed by atoms with E-state index in [0.717, 1.165) is 49.8 Å². The highest BCUT2D eigenvalue weighted by atomic mass is 32.2. The molecule has 0 saturated carbocycles. The number of furan rings is 1. The molecule has 6 heteroatoms. The number of hydrogen-bond donors (Lipinski definition) is 0. The predicted octanol–water partition coefficient (Wildman–Crippen LogP) is 8.63. The third kappa shape index (κ3) is 4.13. The van der Waals surface area contributed by atoms with Crippen molar-refractivity contribution in [1.29, 1.82) is 0 Å². The number of aromatic nitrogens is 3. The molecule has 0 saturated heterocycles. The van der Waals surface area contributed by atoms with Crippen molar-refractivity contribution in [1.82, 2.24) is 14.5 Å². The second kappa shape index (κ2) is 10.9. The first-order chi connectivity index (χ1) is 23.8. The number of hydrogen-bond acceptors (Lipinski definition) is 4. The van der Waals surface area contributed by atoms with Crippen LogP contribution in [0.5, 0.6) is 0 Å². The predicted molar refractivity (Wildman–Crippen MR) is 199 cm³/mol. The van der Waals surface area contributed by atoms with E-state index < -0.39 is 0 Å². The maximum absolute atomic E-state index is 6.48. The summed E-state index contributed by atoms with van der Waals surface area (Å²) in [6.07, 6.45) is 7.61. The van der Waals surface area contributed by atoms with Crippen LogP contribution in [0.4, 0.5) is 0 Å².